The van der Waals surface area contributed by atoms with Crippen molar-refractivity contribution in [3.63, 3.8) is 0 Å². The summed E-state index contributed by atoms with van der Waals surface area (Å²) in [5.74, 6) is 0.845. The molecule has 6 heteroatoms. The Bertz CT molecular complexity index is 593. The lowest BCUT2D eigenvalue weighted by molar-refractivity contribution is -0.0704. The summed E-state index contributed by atoms with van der Waals surface area (Å²) in [6, 6.07) is 8.87. The van der Waals surface area contributed by atoms with E-state index in [0.717, 1.165) is 38.7 Å². The number of rotatable bonds is 7. The molecule has 2 unspecified atom stereocenters. The quantitative estimate of drug-likeness (QED) is 0.552. The molecule has 1 aliphatic heterocycles. The van der Waals surface area contributed by atoms with Gasteiger partial charge in [0.05, 0.1) is 12.2 Å². The van der Waals surface area contributed by atoms with Gasteiger partial charge in [-0.3, -0.25) is 9.89 Å². The summed E-state index contributed by atoms with van der Waals surface area (Å²) >= 11 is 1.85. The van der Waals surface area contributed by atoms with Crippen molar-refractivity contribution >= 4 is 17.7 Å². The van der Waals surface area contributed by atoms with Gasteiger partial charge in [-0.1, -0.05) is 24.3 Å². The van der Waals surface area contributed by atoms with Gasteiger partial charge in [-0.2, -0.15) is 11.8 Å². The predicted octanol–water partition coefficient (Wildman–Crippen LogP) is 3.10. The zero-order valence-electron chi connectivity index (χ0n) is 17.7. The lowest BCUT2D eigenvalue weighted by Gasteiger charge is -2.35. The van der Waals surface area contributed by atoms with Crippen molar-refractivity contribution < 1.29 is 4.74 Å². The van der Waals surface area contributed by atoms with Gasteiger partial charge >= 0.3 is 0 Å². The highest BCUT2D eigenvalue weighted by Crippen LogP contribution is 2.19. The molecule has 0 saturated carbocycles. The minimum absolute atomic E-state index is 0.188. The number of morpholine rings is 1. The number of benzene rings is 1. The van der Waals surface area contributed by atoms with Gasteiger partial charge < -0.3 is 15.4 Å². The van der Waals surface area contributed by atoms with E-state index in [1.54, 1.807) is 0 Å². The minimum atomic E-state index is 0.188. The number of nitrogens with zero attached hydrogens (tertiary/aromatic N) is 2. The lowest BCUT2D eigenvalue weighted by Crippen LogP contribution is -2.44. The van der Waals surface area contributed by atoms with Gasteiger partial charge in [0.15, 0.2) is 5.96 Å². The van der Waals surface area contributed by atoms with E-state index in [0.29, 0.717) is 12.2 Å². The third-order valence-corrected chi connectivity index (χ3v) is 6.09. The molecular weight excluding hydrogens is 356 g/mol. The highest BCUT2D eigenvalue weighted by Gasteiger charge is 2.22. The van der Waals surface area contributed by atoms with Crippen LogP contribution in [0.5, 0.6) is 0 Å². The molecule has 0 amide bonds. The molecule has 0 radical (unpaired) electrons. The Balaban J connectivity index is 1.81. The van der Waals surface area contributed by atoms with Crippen molar-refractivity contribution in [1.82, 2.24) is 15.5 Å². The maximum absolute atomic E-state index is 5.82. The second-order valence-corrected chi connectivity index (χ2v) is 9.52. The third-order valence-electron chi connectivity index (χ3n) is 4.84. The van der Waals surface area contributed by atoms with Crippen LogP contribution in [-0.4, -0.2) is 60.8 Å². The zero-order valence-corrected chi connectivity index (χ0v) is 18.5. The molecule has 1 aromatic rings. The Hall–Kier alpha value is -1.24. The molecule has 27 heavy (non-hydrogen) atoms. The molecule has 1 aromatic carbocycles. The molecular formula is C21H36N4OS. The fourth-order valence-corrected chi connectivity index (χ4v) is 3.43. The average Bonchev–Trinajstić information content (AvgIpc) is 2.62. The third kappa shape index (κ3) is 7.72. The van der Waals surface area contributed by atoms with Gasteiger partial charge in [-0.25, -0.2) is 0 Å². The second-order valence-electron chi connectivity index (χ2n) is 8.01. The van der Waals surface area contributed by atoms with Crippen LogP contribution in [0.3, 0.4) is 0 Å². The first-order valence-electron chi connectivity index (χ1n) is 9.76. The van der Waals surface area contributed by atoms with Crippen molar-refractivity contribution in [2.45, 2.75) is 57.7 Å². The van der Waals surface area contributed by atoms with Gasteiger partial charge in [0.25, 0.3) is 0 Å². The van der Waals surface area contributed by atoms with E-state index in [9.17, 15) is 0 Å². The van der Waals surface area contributed by atoms with E-state index in [-0.39, 0.29) is 4.75 Å². The largest absolute Gasteiger partial charge is 0.373 e. The summed E-state index contributed by atoms with van der Waals surface area (Å²) in [6.07, 6.45) is 2.76. The minimum Gasteiger partial charge on any atom is -0.373 e. The fraction of sp³-hybridized carbons (Fsp3) is 0.667. The first-order valence-corrected chi connectivity index (χ1v) is 11.0. The maximum atomic E-state index is 5.82. The van der Waals surface area contributed by atoms with E-state index in [2.05, 4.69) is 78.7 Å². The topological polar surface area (TPSA) is 48.9 Å². The molecule has 2 atom stereocenters. The number of guanidine groups is 1. The molecule has 2 N–H and O–H groups in total. The normalized spacial score (nSPS) is 21.9. The summed E-state index contributed by atoms with van der Waals surface area (Å²) in [5, 5.41) is 6.80. The van der Waals surface area contributed by atoms with E-state index in [1.165, 1.54) is 11.1 Å². The van der Waals surface area contributed by atoms with Crippen molar-refractivity contribution in [3.8, 4) is 0 Å². The number of nitrogens with one attached hydrogen (secondary N) is 2. The molecule has 0 bridgehead atoms. The van der Waals surface area contributed by atoms with Gasteiger partial charge in [-0.05, 0) is 45.1 Å². The smallest absolute Gasteiger partial charge is 0.191 e. The highest BCUT2D eigenvalue weighted by atomic mass is 32.2. The number of thioether (sulfide) groups is 1. The molecule has 5 nitrogen and oxygen atoms in total. The van der Waals surface area contributed by atoms with Crippen molar-refractivity contribution in [1.29, 1.82) is 0 Å². The molecule has 1 aliphatic rings. The van der Waals surface area contributed by atoms with Crippen molar-refractivity contribution in [2.24, 2.45) is 4.99 Å². The highest BCUT2D eigenvalue weighted by molar-refractivity contribution is 7.99. The number of ether oxygens (including phenoxy) is 1. The zero-order chi connectivity index (χ0) is 19.9. The van der Waals surface area contributed by atoms with Crippen LogP contribution in [0.4, 0.5) is 0 Å². The molecule has 1 saturated heterocycles. The Labute approximate surface area is 169 Å². The van der Waals surface area contributed by atoms with Crippen LogP contribution in [-0.2, 0) is 17.8 Å². The van der Waals surface area contributed by atoms with Gasteiger partial charge in [-0.15, -0.1) is 0 Å². The summed E-state index contributed by atoms with van der Waals surface area (Å²) < 4.78 is 6.01. The summed E-state index contributed by atoms with van der Waals surface area (Å²) in [4.78, 5) is 6.79. The van der Waals surface area contributed by atoms with Crippen LogP contribution >= 0.6 is 11.8 Å². The Morgan fingerprint density at radius 1 is 1.15 bits per heavy atom. The standard InChI is InChI=1S/C21H36N4OS/c1-16-12-25(13-17(2)26-16)14-19-9-7-18(8-10-19)11-23-20(22-5)24-15-21(3,4)27-6/h7-10,16-17H,11-15H2,1-6H3,(H2,22,23,24). The molecule has 2 rings (SSSR count). The SMILES string of the molecule is CN=C(NCc1ccc(CN2CC(C)OC(C)C2)cc1)NCC(C)(C)SC. The van der Waals surface area contributed by atoms with Crippen LogP contribution < -0.4 is 10.6 Å². The molecule has 0 aromatic heterocycles. The first-order chi connectivity index (χ1) is 12.8. The Morgan fingerprint density at radius 2 is 1.74 bits per heavy atom. The van der Waals surface area contributed by atoms with Crippen LogP contribution in [0.2, 0.25) is 0 Å². The van der Waals surface area contributed by atoms with E-state index in [1.807, 2.05) is 18.8 Å². The van der Waals surface area contributed by atoms with Crippen LogP contribution in [0, 0.1) is 0 Å². The number of hydrogen-bond acceptors (Lipinski definition) is 4. The van der Waals surface area contributed by atoms with E-state index in [4.69, 9.17) is 4.74 Å². The predicted molar refractivity (Wildman–Crippen MR) is 118 cm³/mol. The number of hydrogen-bond donors (Lipinski definition) is 2. The molecule has 0 spiro atoms. The van der Waals surface area contributed by atoms with E-state index >= 15 is 0 Å². The van der Waals surface area contributed by atoms with Crippen LogP contribution in [0.1, 0.15) is 38.8 Å². The second kappa shape index (κ2) is 10.3. The maximum Gasteiger partial charge on any atom is 0.191 e. The summed E-state index contributed by atoms with van der Waals surface area (Å²) in [6.45, 7) is 13.4. The van der Waals surface area contributed by atoms with Gasteiger partial charge in [0.1, 0.15) is 0 Å². The molecule has 1 fully saturated rings. The molecule has 1 heterocycles. The monoisotopic (exact) mass is 392 g/mol. The first kappa shape index (κ1) is 22.1. The van der Waals surface area contributed by atoms with E-state index < -0.39 is 0 Å². The van der Waals surface area contributed by atoms with Crippen molar-refractivity contribution in [2.75, 3.05) is 32.9 Å². The molecule has 0 aliphatic carbocycles. The Morgan fingerprint density at radius 3 is 2.30 bits per heavy atom. The summed E-state index contributed by atoms with van der Waals surface area (Å²) in [7, 11) is 1.81. The summed E-state index contributed by atoms with van der Waals surface area (Å²) in [5.41, 5.74) is 2.61. The fourth-order valence-electron chi connectivity index (χ4n) is 3.21. The van der Waals surface area contributed by atoms with Gasteiger partial charge in [0, 0.05) is 44.5 Å². The van der Waals surface area contributed by atoms with Crippen molar-refractivity contribution in [3.05, 3.63) is 35.4 Å². The van der Waals surface area contributed by atoms with Gasteiger partial charge in [0.2, 0.25) is 0 Å². The average molecular weight is 393 g/mol. The number of aliphatic imine (C=N–C) groups is 1. The van der Waals surface area contributed by atoms with Crippen LogP contribution in [0.15, 0.2) is 29.3 Å². The molecule has 152 valence electrons. The Kier molecular flexibility index (Phi) is 8.45. The van der Waals surface area contributed by atoms with Crippen LogP contribution in [0.25, 0.3) is 0 Å². The lowest BCUT2D eigenvalue weighted by atomic mass is 10.1.